The van der Waals surface area contributed by atoms with Crippen LogP contribution in [-0.2, 0) is 0 Å². The highest BCUT2D eigenvalue weighted by Gasteiger charge is 2.23. The average molecular weight is 267 g/mol. The maximum atomic E-state index is 12.3. The van der Waals surface area contributed by atoms with E-state index < -0.39 is 0 Å². The SMILES string of the molecule is NCCC1CCCN(C(=O)c2cccc(Cl)c2)C1. The molecule has 0 aromatic heterocycles. The molecule has 2 rings (SSSR count). The molecule has 1 saturated heterocycles. The number of likely N-dealkylation sites (tertiary alicyclic amines) is 1. The molecule has 0 saturated carbocycles. The highest BCUT2D eigenvalue weighted by molar-refractivity contribution is 6.30. The van der Waals surface area contributed by atoms with Crippen molar-refractivity contribution in [3.63, 3.8) is 0 Å². The third kappa shape index (κ3) is 3.24. The first-order chi connectivity index (χ1) is 8.70. The van der Waals surface area contributed by atoms with E-state index in [9.17, 15) is 4.79 Å². The number of carbonyl (C=O) groups excluding carboxylic acids is 1. The molecule has 0 bridgehead atoms. The standard InChI is InChI=1S/C14H19ClN2O/c15-13-5-1-4-12(9-13)14(18)17-8-2-3-11(10-17)6-7-16/h1,4-5,9,11H,2-3,6-8,10,16H2. The van der Waals surface area contributed by atoms with Crippen LogP contribution < -0.4 is 5.73 Å². The molecule has 18 heavy (non-hydrogen) atoms. The molecule has 1 heterocycles. The zero-order chi connectivity index (χ0) is 13.0. The highest BCUT2D eigenvalue weighted by Crippen LogP contribution is 2.21. The molecular weight excluding hydrogens is 248 g/mol. The number of nitrogens with zero attached hydrogens (tertiary/aromatic N) is 1. The second-order valence-electron chi connectivity index (χ2n) is 4.85. The van der Waals surface area contributed by atoms with Gasteiger partial charge in [0.2, 0.25) is 0 Å². The Kier molecular flexibility index (Phi) is 4.61. The van der Waals surface area contributed by atoms with Gasteiger partial charge in [0.25, 0.3) is 5.91 Å². The first-order valence-corrected chi connectivity index (χ1v) is 6.83. The number of hydrogen-bond donors (Lipinski definition) is 1. The van der Waals surface area contributed by atoms with Gasteiger partial charge < -0.3 is 10.6 Å². The number of halogens is 1. The molecule has 1 aliphatic heterocycles. The lowest BCUT2D eigenvalue weighted by molar-refractivity contribution is 0.0669. The van der Waals surface area contributed by atoms with Gasteiger partial charge in [-0.15, -0.1) is 0 Å². The van der Waals surface area contributed by atoms with Gasteiger partial charge in [0.15, 0.2) is 0 Å². The van der Waals surface area contributed by atoms with E-state index in [4.69, 9.17) is 17.3 Å². The van der Waals surface area contributed by atoms with Crippen LogP contribution in [0.1, 0.15) is 29.6 Å². The normalized spacial score (nSPS) is 19.9. The summed E-state index contributed by atoms with van der Waals surface area (Å²) in [5.41, 5.74) is 6.27. The molecule has 1 aromatic rings. The third-order valence-electron chi connectivity index (χ3n) is 3.45. The van der Waals surface area contributed by atoms with Crippen molar-refractivity contribution in [1.82, 2.24) is 4.90 Å². The summed E-state index contributed by atoms with van der Waals surface area (Å²) in [5, 5.41) is 0.608. The number of amides is 1. The van der Waals surface area contributed by atoms with Gasteiger partial charge in [-0.25, -0.2) is 0 Å². The Bertz CT molecular complexity index is 420. The summed E-state index contributed by atoms with van der Waals surface area (Å²) in [4.78, 5) is 14.3. The molecule has 1 atom stereocenters. The van der Waals surface area contributed by atoms with E-state index in [1.54, 1.807) is 12.1 Å². The molecule has 0 radical (unpaired) electrons. The topological polar surface area (TPSA) is 46.3 Å². The molecule has 1 fully saturated rings. The first-order valence-electron chi connectivity index (χ1n) is 6.45. The van der Waals surface area contributed by atoms with Crippen molar-refractivity contribution in [3.8, 4) is 0 Å². The number of hydrogen-bond acceptors (Lipinski definition) is 2. The van der Waals surface area contributed by atoms with Gasteiger partial charge in [0.05, 0.1) is 0 Å². The lowest BCUT2D eigenvalue weighted by Crippen LogP contribution is -2.40. The highest BCUT2D eigenvalue weighted by atomic mass is 35.5. The summed E-state index contributed by atoms with van der Waals surface area (Å²) < 4.78 is 0. The van der Waals surface area contributed by atoms with Crippen LogP contribution in [0.3, 0.4) is 0 Å². The second kappa shape index (κ2) is 6.21. The third-order valence-corrected chi connectivity index (χ3v) is 3.69. The first kappa shape index (κ1) is 13.4. The minimum atomic E-state index is 0.0826. The van der Waals surface area contributed by atoms with Gasteiger partial charge in [0.1, 0.15) is 0 Å². The largest absolute Gasteiger partial charge is 0.338 e. The number of piperidine rings is 1. The van der Waals surface area contributed by atoms with Crippen molar-refractivity contribution < 1.29 is 4.79 Å². The minimum Gasteiger partial charge on any atom is -0.338 e. The van der Waals surface area contributed by atoms with Crippen LogP contribution in [0.5, 0.6) is 0 Å². The van der Waals surface area contributed by atoms with Crippen LogP contribution in [0.15, 0.2) is 24.3 Å². The zero-order valence-electron chi connectivity index (χ0n) is 10.4. The summed E-state index contributed by atoms with van der Waals surface area (Å²) in [5.74, 6) is 0.631. The van der Waals surface area contributed by atoms with E-state index >= 15 is 0 Å². The van der Waals surface area contributed by atoms with Gasteiger partial charge in [-0.05, 0) is 49.9 Å². The lowest BCUT2D eigenvalue weighted by atomic mass is 9.94. The fourth-order valence-corrected chi connectivity index (χ4v) is 2.72. The molecule has 1 aromatic carbocycles. The smallest absolute Gasteiger partial charge is 0.253 e. The van der Waals surface area contributed by atoms with Crippen molar-refractivity contribution >= 4 is 17.5 Å². The molecule has 98 valence electrons. The fraction of sp³-hybridized carbons (Fsp3) is 0.500. The Hall–Kier alpha value is -1.06. The number of rotatable bonds is 3. The molecule has 0 spiro atoms. The second-order valence-corrected chi connectivity index (χ2v) is 5.28. The Balaban J connectivity index is 2.04. The van der Waals surface area contributed by atoms with Crippen molar-refractivity contribution in [1.29, 1.82) is 0 Å². The molecule has 1 amide bonds. The van der Waals surface area contributed by atoms with Crippen LogP contribution in [0.2, 0.25) is 5.02 Å². The number of carbonyl (C=O) groups is 1. The van der Waals surface area contributed by atoms with Crippen LogP contribution in [0.25, 0.3) is 0 Å². The summed E-state index contributed by atoms with van der Waals surface area (Å²) in [6, 6.07) is 7.15. The summed E-state index contributed by atoms with van der Waals surface area (Å²) >= 11 is 5.92. The summed E-state index contributed by atoms with van der Waals surface area (Å²) in [6.07, 6.45) is 3.24. The maximum absolute atomic E-state index is 12.3. The van der Waals surface area contributed by atoms with Crippen molar-refractivity contribution in [2.24, 2.45) is 11.7 Å². The molecule has 4 heteroatoms. The molecule has 0 aliphatic carbocycles. The maximum Gasteiger partial charge on any atom is 0.253 e. The fourth-order valence-electron chi connectivity index (χ4n) is 2.52. The van der Waals surface area contributed by atoms with E-state index in [1.165, 1.54) is 6.42 Å². The zero-order valence-corrected chi connectivity index (χ0v) is 11.2. The van der Waals surface area contributed by atoms with E-state index in [1.807, 2.05) is 17.0 Å². The van der Waals surface area contributed by atoms with Gasteiger partial charge in [0, 0.05) is 23.7 Å². The van der Waals surface area contributed by atoms with Crippen molar-refractivity contribution in [2.45, 2.75) is 19.3 Å². The van der Waals surface area contributed by atoms with E-state index in [-0.39, 0.29) is 5.91 Å². The molecule has 3 nitrogen and oxygen atoms in total. The Labute approximate surface area is 113 Å². The Morgan fingerprint density at radius 2 is 2.33 bits per heavy atom. The van der Waals surface area contributed by atoms with Crippen molar-refractivity contribution in [3.05, 3.63) is 34.9 Å². The molecule has 2 N–H and O–H groups in total. The van der Waals surface area contributed by atoms with Gasteiger partial charge in [-0.2, -0.15) is 0 Å². The molecule has 1 unspecified atom stereocenters. The van der Waals surface area contributed by atoms with E-state index in [0.29, 0.717) is 23.0 Å². The van der Waals surface area contributed by atoms with Crippen LogP contribution >= 0.6 is 11.6 Å². The quantitative estimate of drug-likeness (QED) is 0.914. The van der Waals surface area contributed by atoms with Gasteiger partial charge in [-0.3, -0.25) is 4.79 Å². The Morgan fingerprint density at radius 3 is 3.06 bits per heavy atom. The minimum absolute atomic E-state index is 0.0826. The van der Waals surface area contributed by atoms with Gasteiger partial charge >= 0.3 is 0 Å². The van der Waals surface area contributed by atoms with E-state index in [2.05, 4.69) is 0 Å². The molecule has 1 aliphatic rings. The average Bonchev–Trinajstić information content (AvgIpc) is 2.39. The van der Waals surface area contributed by atoms with E-state index in [0.717, 1.165) is 25.9 Å². The van der Waals surface area contributed by atoms with Crippen LogP contribution in [0, 0.1) is 5.92 Å². The molecular formula is C14H19ClN2O. The van der Waals surface area contributed by atoms with Crippen LogP contribution in [0.4, 0.5) is 0 Å². The number of nitrogens with two attached hydrogens (primary N) is 1. The summed E-state index contributed by atoms with van der Waals surface area (Å²) in [6.45, 7) is 2.36. The Morgan fingerprint density at radius 1 is 1.50 bits per heavy atom. The monoisotopic (exact) mass is 266 g/mol. The van der Waals surface area contributed by atoms with Crippen molar-refractivity contribution in [2.75, 3.05) is 19.6 Å². The summed E-state index contributed by atoms with van der Waals surface area (Å²) in [7, 11) is 0. The van der Waals surface area contributed by atoms with Crippen LogP contribution in [-0.4, -0.2) is 30.4 Å². The predicted octanol–water partition coefficient (Wildman–Crippen LogP) is 2.54. The van der Waals surface area contributed by atoms with Gasteiger partial charge in [-0.1, -0.05) is 17.7 Å². The predicted molar refractivity (Wildman–Crippen MR) is 73.8 cm³/mol. The number of benzene rings is 1. The lowest BCUT2D eigenvalue weighted by Gasteiger charge is -2.32.